The van der Waals surface area contributed by atoms with E-state index >= 15 is 0 Å². The molecule has 0 spiro atoms. The van der Waals surface area contributed by atoms with Crippen molar-refractivity contribution in [3.63, 3.8) is 0 Å². The van der Waals surface area contributed by atoms with Crippen molar-refractivity contribution in [1.82, 2.24) is 16.0 Å². The first-order chi connectivity index (χ1) is 20.9. The van der Waals surface area contributed by atoms with E-state index in [4.69, 9.17) is 15.1 Å². The molecule has 0 fully saturated rings. The maximum Gasteiger partial charge on any atom is 0.408 e. The summed E-state index contributed by atoms with van der Waals surface area (Å²) in [4.78, 5) is 62.2. The summed E-state index contributed by atoms with van der Waals surface area (Å²) in [7, 11) is 0. The highest BCUT2D eigenvalue weighted by molar-refractivity contribution is 6.09. The van der Waals surface area contributed by atoms with Crippen LogP contribution in [0.5, 0.6) is 5.75 Å². The minimum Gasteiger partial charge on any atom is -0.508 e. The first-order valence-electron chi connectivity index (χ1n) is 14.1. The fraction of sp³-hybridized carbons (Fsp3) is 0.419. The first kappa shape index (κ1) is 37.0. The van der Waals surface area contributed by atoms with Crippen LogP contribution in [0.3, 0.4) is 0 Å². The maximum atomic E-state index is 13.2. The Kier molecular flexibility index (Phi) is 16.8. The normalized spacial score (nSPS) is 12.3. The molecule has 3 amide bonds. The van der Waals surface area contributed by atoms with Gasteiger partial charge in [-0.2, -0.15) is 4.79 Å². The number of rotatable bonds is 15. The van der Waals surface area contributed by atoms with E-state index in [1.54, 1.807) is 12.1 Å². The molecule has 0 aliphatic rings. The smallest absolute Gasteiger partial charge is 0.408 e. The van der Waals surface area contributed by atoms with Gasteiger partial charge in [-0.05, 0) is 47.9 Å². The summed E-state index contributed by atoms with van der Waals surface area (Å²) in [5.74, 6) is -2.33. The van der Waals surface area contributed by atoms with E-state index in [1.165, 1.54) is 12.1 Å². The Bertz CT molecular complexity index is 1260. The number of amides is 3. The standard InChI is InChI=1S/C29H39N3O7.C2H2N2O/c1-18(2)14-23(26(34)31-25(28(36)37)16-20-10-12-22(33)13-11-20)30-27(35)24(15-19(3)4)32-29(38)39-17-21-8-6-5-7-9-21;3-4-1-2-5/h5-13,18-19,23-25,33H,14-17H2,1-4H3,(H,30,35)(H,31,34)(H,32,38)(H,36,37);1-2H/t23-,24-,25-;/m0./s1. The van der Waals surface area contributed by atoms with Crippen molar-refractivity contribution < 1.29 is 43.7 Å². The lowest BCUT2D eigenvalue weighted by Crippen LogP contribution is -2.56. The number of phenolic OH excluding ortho intramolecular Hbond substituents is 1. The van der Waals surface area contributed by atoms with Crippen LogP contribution in [0.2, 0.25) is 0 Å². The Morgan fingerprint density at radius 2 is 1.34 bits per heavy atom. The van der Waals surface area contributed by atoms with E-state index in [2.05, 4.69) is 20.7 Å². The molecule has 2 aromatic rings. The molecule has 2 aromatic carbocycles. The fourth-order valence-electron chi connectivity index (χ4n) is 3.95. The number of hydrogen-bond acceptors (Lipinski definition) is 7. The Balaban J connectivity index is 0.00000178. The third-order valence-electron chi connectivity index (χ3n) is 5.99. The van der Waals surface area contributed by atoms with Gasteiger partial charge in [0.15, 0.2) is 0 Å². The van der Waals surface area contributed by atoms with E-state index in [-0.39, 0.29) is 37.0 Å². The summed E-state index contributed by atoms with van der Waals surface area (Å²) in [6.07, 6.45) is 0.940. The lowest BCUT2D eigenvalue weighted by Gasteiger charge is -2.26. The van der Waals surface area contributed by atoms with Crippen LogP contribution < -0.4 is 16.0 Å². The molecule has 13 heteroatoms. The summed E-state index contributed by atoms with van der Waals surface area (Å²) >= 11 is 0. The molecule has 3 atom stereocenters. The van der Waals surface area contributed by atoms with Crippen LogP contribution in [0.1, 0.15) is 51.7 Å². The van der Waals surface area contributed by atoms with Crippen molar-refractivity contribution in [2.75, 3.05) is 0 Å². The number of aromatic hydroxyl groups is 1. The number of aldehydes is 1. The van der Waals surface area contributed by atoms with Gasteiger partial charge < -0.3 is 36.4 Å². The quantitative estimate of drug-likeness (QED) is 0.0873. The highest BCUT2D eigenvalue weighted by atomic mass is 16.5. The number of carbonyl (C=O) groups is 5. The van der Waals surface area contributed by atoms with Gasteiger partial charge in [0, 0.05) is 6.42 Å². The van der Waals surface area contributed by atoms with Crippen LogP contribution in [0.15, 0.2) is 54.6 Å². The number of carboxylic acids is 1. The zero-order valence-electron chi connectivity index (χ0n) is 25.3. The Hall–Kier alpha value is -5.03. The first-order valence-corrected chi connectivity index (χ1v) is 14.1. The van der Waals surface area contributed by atoms with Gasteiger partial charge in [-0.3, -0.25) is 14.4 Å². The monoisotopic (exact) mass is 611 g/mol. The molecule has 0 saturated heterocycles. The number of benzene rings is 2. The second kappa shape index (κ2) is 20.0. The number of nitrogens with one attached hydrogen (secondary N) is 3. The molecule has 0 radical (unpaired) electrons. The van der Waals surface area contributed by atoms with Crippen molar-refractivity contribution in [1.29, 1.82) is 0 Å². The van der Waals surface area contributed by atoms with Gasteiger partial charge in [-0.15, -0.1) is 0 Å². The van der Waals surface area contributed by atoms with Gasteiger partial charge in [0.05, 0.1) is 0 Å². The van der Waals surface area contributed by atoms with Crippen LogP contribution in [0, 0.1) is 11.8 Å². The number of nitrogens with zero attached hydrogens (tertiary/aromatic N) is 2. The third-order valence-corrected chi connectivity index (χ3v) is 5.99. The number of carboxylic acid groups (broad SMARTS) is 1. The number of hydrogen-bond donors (Lipinski definition) is 5. The van der Waals surface area contributed by atoms with Crippen molar-refractivity contribution in [3.8, 4) is 5.75 Å². The van der Waals surface area contributed by atoms with E-state index < -0.39 is 42.0 Å². The van der Waals surface area contributed by atoms with E-state index in [0.717, 1.165) is 11.8 Å². The third kappa shape index (κ3) is 15.3. The summed E-state index contributed by atoms with van der Waals surface area (Å²) in [6, 6.07) is 11.9. The Morgan fingerprint density at radius 3 is 1.80 bits per heavy atom. The average Bonchev–Trinajstić information content (AvgIpc) is 2.96. The van der Waals surface area contributed by atoms with Crippen LogP contribution in [-0.4, -0.2) is 69.5 Å². The molecule has 0 saturated carbocycles. The predicted molar refractivity (Wildman–Crippen MR) is 162 cm³/mol. The van der Waals surface area contributed by atoms with Gasteiger partial charge in [0.25, 0.3) is 0 Å². The molecular weight excluding hydrogens is 570 g/mol. The topological polar surface area (TPSA) is 208 Å². The van der Waals surface area contributed by atoms with Crippen LogP contribution in [0.4, 0.5) is 4.79 Å². The molecule has 0 heterocycles. The van der Waals surface area contributed by atoms with Gasteiger partial charge in [0.2, 0.25) is 18.1 Å². The van der Waals surface area contributed by atoms with Gasteiger partial charge in [-0.25, -0.2) is 9.59 Å². The molecule has 44 heavy (non-hydrogen) atoms. The molecule has 0 aromatic heterocycles. The number of phenols is 1. The molecule has 5 N–H and O–H groups in total. The summed E-state index contributed by atoms with van der Waals surface area (Å²) in [5, 5.41) is 27.0. The number of aliphatic carboxylic acids is 1. The molecule has 0 aliphatic carbocycles. The van der Waals surface area contributed by atoms with Gasteiger partial charge in [0.1, 0.15) is 30.5 Å². The van der Waals surface area contributed by atoms with Crippen molar-refractivity contribution in [2.45, 2.75) is 71.7 Å². The summed E-state index contributed by atoms with van der Waals surface area (Å²) in [5.41, 5.74) is 8.81. The van der Waals surface area contributed by atoms with Crippen LogP contribution in [0.25, 0.3) is 5.53 Å². The Labute approximate surface area is 256 Å². The zero-order valence-corrected chi connectivity index (χ0v) is 25.3. The summed E-state index contributed by atoms with van der Waals surface area (Å²) < 4.78 is 5.26. The lowest BCUT2D eigenvalue weighted by atomic mass is 9.99. The number of ether oxygens (including phenoxy) is 1. The fourth-order valence-corrected chi connectivity index (χ4v) is 3.95. The zero-order chi connectivity index (χ0) is 33.1. The minimum atomic E-state index is -1.24. The van der Waals surface area contributed by atoms with Crippen LogP contribution >= 0.6 is 0 Å². The SMILES string of the molecule is CC(C)C[C@H](NC(=O)OCc1ccccc1)C(=O)N[C@@H](CC(C)C)C(=O)N[C@@H](Cc1ccc(O)cc1)C(=O)O.[N-]=[N+]=CC=O. The minimum absolute atomic E-state index is 0.00547. The molecular formula is C31H41N5O8. The predicted octanol–water partition coefficient (Wildman–Crippen LogP) is 2.86. The number of alkyl carbamates (subject to hydrolysis) is 1. The highest BCUT2D eigenvalue weighted by Gasteiger charge is 2.30. The van der Waals surface area contributed by atoms with Crippen LogP contribution in [-0.2, 0) is 36.9 Å². The van der Waals surface area contributed by atoms with Gasteiger partial charge >= 0.3 is 18.3 Å². The van der Waals surface area contributed by atoms with E-state index in [9.17, 15) is 29.4 Å². The Morgan fingerprint density at radius 1 is 0.818 bits per heavy atom. The second-order valence-electron chi connectivity index (χ2n) is 10.7. The molecule has 13 nitrogen and oxygen atoms in total. The lowest BCUT2D eigenvalue weighted by molar-refractivity contribution is -0.142. The van der Waals surface area contributed by atoms with E-state index in [1.807, 2.05) is 58.0 Å². The molecule has 2 rings (SSSR count). The molecule has 238 valence electrons. The maximum absolute atomic E-state index is 13.2. The van der Waals surface area contributed by atoms with Gasteiger partial charge in [-0.1, -0.05) is 70.2 Å². The van der Waals surface area contributed by atoms with Crippen molar-refractivity contribution in [2.24, 2.45) is 11.8 Å². The summed E-state index contributed by atoms with van der Waals surface area (Å²) in [6.45, 7) is 7.59. The largest absolute Gasteiger partial charge is 0.508 e. The second-order valence-corrected chi connectivity index (χ2v) is 10.7. The molecule has 0 bridgehead atoms. The van der Waals surface area contributed by atoms with Crippen molar-refractivity contribution in [3.05, 3.63) is 71.3 Å². The van der Waals surface area contributed by atoms with Crippen molar-refractivity contribution >= 4 is 36.4 Å². The molecule has 0 aliphatic heterocycles. The highest BCUT2D eigenvalue weighted by Crippen LogP contribution is 2.13. The molecule has 0 unspecified atom stereocenters. The average molecular weight is 612 g/mol. The number of carbonyl (C=O) groups excluding carboxylic acids is 4. The van der Waals surface area contributed by atoms with E-state index in [0.29, 0.717) is 18.3 Å².